The number of hydrogen-bond acceptors (Lipinski definition) is 7. The highest BCUT2D eigenvalue weighted by molar-refractivity contribution is 6.37. The zero-order chi connectivity index (χ0) is 22.4. The summed E-state index contributed by atoms with van der Waals surface area (Å²) in [6, 6.07) is 3.91. The standard InChI is InChI=1S/C18H16Cl2N4O6/c1-9-13(19)7-21-16(15(9)20)23-14(25)8-30-18(27)10(2)22-17(26)11-4-3-5-12(6-11)24(28)29/h3-7,10H,8H2,1-2H3,(H,22,26)(H,21,23,25)/t10-/m0/s1. The third kappa shape index (κ3) is 5.88. The second-order valence-corrected chi connectivity index (χ2v) is 6.84. The van der Waals surface area contributed by atoms with Gasteiger partial charge in [0.15, 0.2) is 12.4 Å². The molecule has 0 aliphatic rings. The van der Waals surface area contributed by atoms with Gasteiger partial charge in [-0.25, -0.2) is 9.78 Å². The van der Waals surface area contributed by atoms with Crippen LogP contribution in [-0.2, 0) is 14.3 Å². The van der Waals surface area contributed by atoms with E-state index in [0.29, 0.717) is 10.6 Å². The summed E-state index contributed by atoms with van der Waals surface area (Å²) >= 11 is 11.9. The van der Waals surface area contributed by atoms with E-state index in [4.69, 9.17) is 27.9 Å². The van der Waals surface area contributed by atoms with Crippen molar-refractivity contribution in [2.24, 2.45) is 0 Å². The lowest BCUT2D eigenvalue weighted by atomic mass is 10.2. The monoisotopic (exact) mass is 454 g/mol. The number of aromatic nitrogens is 1. The first kappa shape index (κ1) is 23.0. The number of nitro groups is 1. The number of nitro benzene ring substituents is 1. The fraction of sp³-hybridized carbons (Fsp3) is 0.222. The van der Waals surface area contributed by atoms with Gasteiger partial charge >= 0.3 is 5.97 Å². The van der Waals surface area contributed by atoms with Crippen LogP contribution in [0.5, 0.6) is 0 Å². The van der Waals surface area contributed by atoms with Crippen LogP contribution in [0.3, 0.4) is 0 Å². The number of carbonyl (C=O) groups is 3. The Hall–Kier alpha value is -3.24. The summed E-state index contributed by atoms with van der Waals surface area (Å²) in [5, 5.41) is 16.0. The molecule has 2 amide bonds. The summed E-state index contributed by atoms with van der Waals surface area (Å²) in [6.07, 6.45) is 1.32. The fourth-order valence-electron chi connectivity index (χ4n) is 2.17. The smallest absolute Gasteiger partial charge is 0.328 e. The van der Waals surface area contributed by atoms with Crippen LogP contribution in [0.1, 0.15) is 22.8 Å². The highest BCUT2D eigenvalue weighted by Crippen LogP contribution is 2.28. The molecule has 12 heteroatoms. The van der Waals surface area contributed by atoms with Gasteiger partial charge in [-0.05, 0) is 25.5 Å². The maximum absolute atomic E-state index is 12.2. The molecule has 0 bridgehead atoms. The Morgan fingerprint density at radius 3 is 2.67 bits per heavy atom. The van der Waals surface area contributed by atoms with Gasteiger partial charge in [0.25, 0.3) is 17.5 Å². The van der Waals surface area contributed by atoms with Crippen molar-refractivity contribution in [3.63, 3.8) is 0 Å². The van der Waals surface area contributed by atoms with Crippen molar-refractivity contribution < 1.29 is 24.0 Å². The van der Waals surface area contributed by atoms with E-state index >= 15 is 0 Å². The van der Waals surface area contributed by atoms with Crippen molar-refractivity contribution >= 4 is 52.5 Å². The van der Waals surface area contributed by atoms with Gasteiger partial charge in [-0.2, -0.15) is 0 Å². The average Bonchev–Trinajstić information content (AvgIpc) is 2.72. The number of esters is 1. The molecule has 0 saturated carbocycles. The van der Waals surface area contributed by atoms with E-state index in [1.807, 2.05) is 0 Å². The predicted molar refractivity (Wildman–Crippen MR) is 109 cm³/mol. The number of ether oxygens (including phenoxy) is 1. The number of amides is 2. The van der Waals surface area contributed by atoms with Crippen LogP contribution in [0.15, 0.2) is 30.5 Å². The Balaban J connectivity index is 1.89. The summed E-state index contributed by atoms with van der Waals surface area (Å²) in [7, 11) is 0. The van der Waals surface area contributed by atoms with Crippen LogP contribution in [-0.4, -0.2) is 40.3 Å². The molecule has 0 aliphatic carbocycles. The van der Waals surface area contributed by atoms with Gasteiger partial charge in [0, 0.05) is 23.9 Å². The minimum absolute atomic E-state index is 0.000387. The van der Waals surface area contributed by atoms with Crippen LogP contribution in [0, 0.1) is 17.0 Å². The largest absolute Gasteiger partial charge is 0.454 e. The molecular formula is C18H16Cl2N4O6. The normalized spacial score (nSPS) is 11.3. The number of carbonyl (C=O) groups excluding carboxylic acids is 3. The van der Waals surface area contributed by atoms with Crippen molar-refractivity contribution in [3.8, 4) is 0 Å². The molecule has 0 spiro atoms. The lowest BCUT2D eigenvalue weighted by molar-refractivity contribution is -0.384. The number of nitrogens with one attached hydrogen (secondary N) is 2. The summed E-state index contributed by atoms with van der Waals surface area (Å²) in [6.45, 7) is 2.35. The quantitative estimate of drug-likeness (QED) is 0.372. The topological polar surface area (TPSA) is 141 Å². The second kappa shape index (κ2) is 9.99. The Labute approximate surface area is 180 Å². The molecule has 1 heterocycles. The number of nitrogens with zero attached hydrogens (tertiary/aromatic N) is 2. The Bertz CT molecular complexity index is 1010. The minimum Gasteiger partial charge on any atom is -0.454 e. The Kier molecular flexibility index (Phi) is 7.67. The summed E-state index contributed by atoms with van der Waals surface area (Å²) in [5.74, 6) is -2.22. The molecule has 158 valence electrons. The van der Waals surface area contributed by atoms with Gasteiger partial charge in [0.1, 0.15) is 6.04 Å². The lowest BCUT2D eigenvalue weighted by Crippen LogP contribution is -2.40. The Morgan fingerprint density at radius 2 is 2.00 bits per heavy atom. The van der Waals surface area contributed by atoms with Crippen LogP contribution >= 0.6 is 23.2 Å². The van der Waals surface area contributed by atoms with Gasteiger partial charge in [-0.1, -0.05) is 29.3 Å². The molecule has 0 fully saturated rings. The molecule has 0 aliphatic heterocycles. The van der Waals surface area contributed by atoms with Crippen molar-refractivity contribution in [2.45, 2.75) is 19.9 Å². The van der Waals surface area contributed by atoms with E-state index in [2.05, 4.69) is 15.6 Å². The maximum Gasteiger partial charge on any atom is 0.328 e. The number of pyridine rings is 1. The first-order valence-electron chi connectivity index (χ1n) is 8.42. The lowest BCUT2D eigenvalue weighted by Gasteiger charge is -2.14. The van der Waals surface area contributed by atoms with Crippen LogP contribution < -0.4 is 10.6 Å². The van der Waals surface area contributed by atoms with E-state index in [1.54, 1.807) is 6.92 Å². The van der Waals surface area contributed by atoms with Crippen molar-refractivity contribution in [1.29, 1.82) is 0 Å². The van der Waals surface area contributed by atoms with Gasteiger partial charge in [0.2, 0.25) is 0 Å². The van der Waals surface area contributed by atoms with Crippen LogP contribution in [0.25, 0.3) is 0 Å². The maximum atomic E-state index is 12.2. The van der Waals surface area contributed by atoms with Crippen molar-refractivity contribution in [2.75, 3.05) is 11.9 Å². The Morgan fingerprint density at radius 1 is 1.30 bits per heavy atom. The number of anilines is 1. The van der Waals surface area contributed by atoms with Crippen LogP contribution in [0.4, 0.5) is 11.5 Å². The van der Waals surface area contributed by atoms with E-state index in [9.17, 15) is 24.5 Å². The molecule has 2 rings (SSSR count). The number of halogens is 2. The number of benzene rings is 1. The van der Waals surface area contributed by atoms with Gasteiger partial charge in [0.05, 0.1) is 15.0 Å². The summed E-state index contributed by atoms with van der Waals surface area (Å²) in [4.78, 5) is 50.2. The van der Waals surface area contributed by atoms with Gasteiger partial charge in [-0.3, -0.25) is 19.7 Å². The van der Waals surface area contributed by atoms with E-state index in [-0.39, 0.29) is 22.1 Å². The van der Waals surface area contributed by atoms with E-state index < -0.39 is 35.4 Å². The molecule has 0 saturated heterocycles. The molecule has 10 nitrogen and oxygen atoms in total. The van der Waals surface area contributed by atoms with Crippen LogP contribution in [0.2, 0.25) is 10.0 Å². The molecule has 30 heavy (non-hydrogen) atoms. The summed E-state index contributed by atoms with van der Waals surface area (Å²) in [5.41, 5.74) is 0.262. The molecule has 1 atom stereocenters. The second-order valence-electron chi connectivity index (χ2n) is 6.05. The summed E-state index contributed by atoms with van der Waals surface area (Å²) < 4.78 is 4.86. The SMILES string of the molecule is Cc1c(Cl)cnc(NC(=O)COC(=O)[C@H](C)NC(=O)c2cccc([N+](=O)[O-])c2)c1Cl. The molecule has 2 N–H and O–H groups in total. The third-order valence-electron chi connectivity index (χ3n) is 3.83. The van der Waals surface area contributed by atoms with Gasteiger partial charge < -0.3 is 15.4 Å². The van der Waals surface area contributed by atoms with Crippen molar-refractivity contribution in [3.05, 3.63) is 61.7 Å². The molecule has 1 aromatic heterocycles. The molecule has 0 radical (unpaired) electrons. The van der Waals surface area contributed by atoms with E-state index in [0.717, 1.165) is 6.07 Å². The zero-order valence-electron chi connectivity index (χ0n) is 15.8. The number of rotatable bonds is 7. The number of hydrogen-bond donors (Lipinski definition) is 2. The predicted octanol–water partition coefficient (Wildman–Crippen LogP) is 2.91. The first-order valence-corrected chi connectivity index (χ1v) is 9.18. The minimum atomic E-state index is -1.11. The molecule has 1 aromatic carbocycles. The van der Waals surface area contributed by atoms with E-state index in [1.165, 1.54) is 31.3 Å². The zero-order valence-corrected chi connectivity index (χ0v) is 17.3. The highest BCUT2D eigenvalue weighted by Gasteiger charge is 2.21. The van der Waals surface area contributed by atoms with Gasteiger partial charge in [-0.15, -0.1) is 0 Å². The molecular weight excluding hydrogens is 439 g/mol. The third-order valence-corrected chi connectivity index (χ3v) is 4.67. The molecule has 2 aromatic rings. The fourth-order valence-corrected chi connectivity index (χ4v) is 2.56. The average molecular weight is 455 g/mol. The highest BCUT2D eigenvalue weighted by atomic mass is 35.5. The first-order chi connectivity index (χ1) is 14.1. The number of non-ortho nitro benzene ring substituents is 1. The molecule has 0 unspecified atom stereocenters. The van der Waals surface area contributed by atoms with Crippen molar-refractivity contribution in [1.82, 2.24) is 10.3 Å².